The van der Waals surface area contributed by atoms with Crippen molar-refractivity contribution in [2.45, 2.75) is 6.92 Å². The summed E-state index contributed by atoms with van der Waals surface area (Å²) in [6.07, 6.45) is 0. The summed E-state index contributed by atoms with van der Waals surface area (Å²) in [5, 5.41) is 1.95. The van der Waals surface area contributed by atoms with Crippen LogP contribution in [-0.2, 0) is 0 Å². The van der Waals surface area contributed by atoms with E-state index in [1.807, 2.05) is 31.2 Å². The van der Waals surface area contributed by atoms with Crippen LogP contribution in [0, 0.1) is 6.92 Å². The van der Waals surface area contributed by atoms with Crippen molar-refractivity contribution in [1.29, 1.82) is 0 Å². The van der Waals surface area contributed by atoms with Gasteiger partial charge in [0.25, 0.3) is 0 Å². The number of anilines is 2. The zero-order valence-electron chi connectivity index (χ0n) is 11.2. The molecule has 4 nitrogen and oxygen atoms in total. The highest BCUT2D eigenvalue weighted by atomic mass is 35.5. The molecular weight excluding hydrogens is 307 g/mol. The second-order valence-electron chi connectivity index (χ2n) is 4.76. The maximum Gasteiger partial charge on any atom is 0.222 e. The van der Waals surface area contributed by atoms with E-state index in [2.05, 4.69) is 9.97 Å². The molecule has 0 unspecified atom stereocenters. The molecule has 0 amide bonds. The van der Waals surface area contributed by atoms with E-state index in [9.17, 15) is 0 Å². The van der Waals surface area contributed by atoms with Gasteiger partial charge in [-0.1, -0.05) is 29.3 Å². The van der Waals surface area contributed by atoms with Crippen molar-refractivity contribution in [3.8, 4) is 11.1 Å². The number of nitrogen functional groups attached to an aromatic ring is 2. The monoisotopic (exact) mass is 318 g/mol. The van der Waals surface area contributed by atoms with Crippen molar-refractivity contribution in [1.82, 2.24) is 9.97 Å². The highest BCUT2D eigenvalue weighted by molar-refractivity contribution is 6.35. The van der Waals surface area contributed by atoms with Crippen molar-refractivity contribution in [3.05, 3.63) is 45.9 Å². The Bertz CT molecular complexity index is 842. The van der Waals surface area contributed by atoms with Gasteiger partial charge < -0.3 is 11.5 Å². The summed E-state index contributed by atoms with van der Waals surface area (Å²) in [7, 11) is 0. The molecule has 1 heterocycles. The smallest absolute Gasteiger partial charge is 0.222 e. The quantitative estimate of drug-likeness (QED) is 0.708. The Kier molecular flexibility index (Phi) is 3.35. The fourth-order valence-electron chi connectivity index (χ4n) is 2.46. The molecule has 3 rings (SSSR count). The van der Waals surface area contributed by atoms with Crippen LogP contribution in [0.25, 0.3) is 22.0 Å². The molecule has 0 aliphatic carbocycles. The summed E-state index contributed by atoms with van der Waals surface area (Å²) in [5.74, 6) is 0.530. The van der Waals surface area contributed by atoms with E-state index in [-0.39, 0.29) is 5.95 Å². The number of hydrogen-bond acceptors (Lipinski definition) is 4. The van der Waals surface area contributed by atoms with Gasteiger partial charge in [-0.15, -0.1) is 0 Å². The number of hydrogen-bond donors (Lipinski definition) is 2. The van der Waals surface area contributed by atoms with Crippen molar-refractivity contribution >= 4 is 45.9 Å². The number of aryl methyl sites for hydroxylation is 1. The summed E-state index contributed by atoms with van der Waals surface area (Å²) < 4.78 is 0. The minimum absolute atomic E-state index is 0.165. The minimum atomic E-state index is 0.165. The second kappa shape index (κ2) is 5.06. The Hall–Kier alpha value is -2.04. The van der Waals surface area contributed by atoms with Crippen LogP contribution < -0.4 is 11.5 Å². The third kappa shape index (κ3) is 2.48. The van der Waals surface area contributed by atoms with E-state index in [0.29, 0.717) is 15.9 Å². The minimum Gasteiger partial charge on any atom is -0.383 e. The Balaban J connectivity index is 2.32. The SMILES string of the molecule is Cc1c(-c2cc(Cl)cc(Cl)c2)ccc2nc(N)nc(N)c12. The number of fused-ring (bicyclic) bond motifs is 1. The third-order valence-corrected chi connectivity index (χ3v) is 3.78. The first-order valence-corrected chi connectivity index (χ1v) is 7.00. The van der Waals surface area contributed by atoms with Gasteiger partial charge in [0.2, 0.25) is 5.95 Å². The molecule has 0 bridgehead atoms. The van der Waals surface area contributed by atoms with Crippen LogP contribution in [0.3, 0.4) is 0 Å². The van der Waals surface area contributed by atoms with Crippen molar-refractivity contribution in [2.75, 3.05) is 11.5 Å². The molecule has 2 aromatic carbocycles. The lowest BCUT2D eigenvalue weighted by molar-refractivity contribution is 1.24. The Morgan fingerprint density at radius 2 is 1.62 bits per heavy atom. The molecule has 6 heteroatoms. The van der Waals surface area contributed by atoms with E-state index in [1.165, 1.54) is 0 Å². The molecule has 0 atom stereocenters. The van der Waals surface area contributed by atoms with Gasteiger partial charge in [0.1, 0.15) is 5.82 Å². The molecule has 0 aliphatic rings. The van der Waals surface area contributed by atoms with Gasteiger partial charge in [-0.3, -0.25) is 0 Å². The van der Waals surface area contributed by atoms with Gasteiger partial charge in [-0.25, -0.2) is 4.98 Å². The maximum atomic E-state index is 6.07. The standard InChI is InChI=1S/C15H12Cl2N4/c1-7-11(8-4-9(16)6-10(17)5-8)2-3-12-13(7)14(18)21-15(19)20-12/h2-6H,1H3,(H4,18,19,20,21). The highest BCUT2D eigenvalue weighted by Crippen LogP contribution is 2.34. The van der Waals surface area contributed by atoms with Gasteiger partial charge in [-0.2, -0.15) is 4.98 Å². The van der Waals surface area contributed by atoms with E-state index >= 15 is 0 Å². The van der Waals surface area contributed by atoms with Crippen molar-refractivity contribution in [3.63, 3.8) is 0 Å². The molecule has 0 saturated heterocycles. The summed E-state index contributed by atoms with van der Waals surface area (Å²) in [4.78, 5) is 8.23. The maximum absolute atomic E-state index is 6.07. The van der Waals surface area contributed by atoms with E-state index < -0.39 is 0 Å². The summed E-state index contributed by atoms with van der Waals surface area (Å²) in [6, 6.07) is 9.22. The number of nitrogens with two attached hydrogens (primary N) is 2. The number of rotatable bonds is 1. The fourth-order valence-corrected chi connectivity index (χ4v) is 2.99. The van der Waals surface area contributed by atoms with Crippen LogP contribution in [0.5, 0.6) is 0 Å². The van der Waals surface area contributed by atoms with Crippen molar-refractivity contribution < 1.29 is 0 Å². The van der Waals surface area contributed by atoms with E-state index in [0.717, 1.165) is 27.6 Å². The number of halogens is 2. The molecule has 4 N–H and O–H groups in total. The van der Waals surface area contributed by atoms with Gasteiger partial charge >= 0.3 is 0 Å². The molecule has 3 aromatic rings. The lowest BCUT2D eigenvalue weighted by Gasteiger charge is -2.12. The first-order valence-electron chi connectivity index (χ1n) is 6.24. The Labute approximate surface area is 131 Å². The first kappa shape index (κ1) is 13.9. The predicted molar refractivity (Wildman–Crippen MR) is 88.6 cm³/mol. The summed E-state index contributed by atoms with van der Waals surface area (Å²) in [6.45, 7) is 1.96. The molecule has 106 valence electrons. The molecule has 0 aliphatic heterocycles. The number of benzene rings is 2. The van der Waals surface area contributed by atoms with Gasteiger partial charge in [0, 0.05) is 15.4 Å². The normalized spacial score (nSPS) is 11.0. The van der Waals surface area contributed by atoms with E-state index in [1.54, 1.807) is 6.07 Å². The molecule has 0 radical (unpaired) electrons. The van der Waals surface area contributed by atoms with Gasteiger partial charge in [-0.05, 0) is 47.9 Å². The van der Waals surface area contributed by atoms with Crippen LogP contribution in [0.4, 0.5) is 11.8 Å². The van der Waals surface area contributed by atoms with Crippen molar-refractivity contribution in [2.24, 2.45) is 0 Å². The zero-order chi connectivity index (χ0) is 15.1. The molecule has 21 heavy (non-hydrogen) atoms. The lowest BCUT2D eigenvalue weighted by Crippen LogP contribution is -2.02. The largest absolute Gasteiger partial charge is 0.383 e. The fraction of sp³-hybridized carbons (Fsp3) is 0.0667. The van der Waals surface area contributed by atoms with Crippen LogP contribution in [-0.4, -0.2) is 9.97 Å². The van der Waals surface area contributed by atoms with Gasteiger partial charge in [0.15, 0.2) is 0 Å². The van der Waals surface area contributed by atoms with E-state index in [4.69, 9.17) is 34.7 Å². The second-order valence-corrected chi connectivity index (χ2v) is 5.63. The zero-order valence-corrected chi connectivity index (χ0v) is 12.7. The molecule has 0 fully saturated rings. The highest BCUT2D eigenvalue weighted by Gasteiger charge is 2.12. The summed E-state index contributed by atoms with van der Waals surface area (Å²) >= 11 is 12.1. The molecule has 1 aromatic heterocycles. The number of nitrogens with zero attached hydrogens (tertiary/aromatic N) is 2. The number of aromatic nitrogens is 2. The third-order valence-electron chi connectivity index (χ3n) is 3.34. The van der Waals surface area contributed by atoms with Crippen LogP contribution in [0.1, 0.15) is 5.56 Å². The Morgan fingerprint density at radius 1 is 0.952 bits per heavy atom. The lowest BCUT2D eigenvalue weighted by atomic mass is 9.97. The average Bonchev–Trinajstić information content (AvgIpc) is 2.36. The summed E-state index contributed by atoms with van der Waals surface area (Å²) in [5.41, 5.74) is 15.2. The van der Waals surface area contributed by atoms with Crippen LogP contribution >= 0.6 is 23.2 Å². The predicted octanol–water partition coefficient (Wildman–Crippen LogP) is 4.08. The molecule has 0 saturated carbocycles. The van der Waals surface area contributed by atoms with Gasteiger partial charge in [0.05, 0.1) is 5.52 Å². The van der Waals surface area contributed by atoms with Crippen LogP contribution in [0.15, 0.2) is 30.3 Å². The molecular formula is C15H12Cl2N4. The van der Waals surface area contributed by atoms with Crippen LogP contribution in [0.2, 0.25) is 10.0 Å². The topological polar surface area (TPSA) is 77.8 Å². The Morgan fingerprint density at radius 3 is 2.29 bits per heavy atom. The average molecular weight is 319 g/mol. The first-order chi connectivity index (χ1) is 9.95. The molecule has 0 spiro atoms.